The minimum Gasteiger partial charge on any atom is -0.478 e. The Bertz CT molecular complexity index is 536. The van der Waals surface area contributed by atoms with Gasteiger partial charge in [-0.15, -0.1) is 0 Å². The van der Waals surface area contributed by atoms with Gasteiger partial charge in [0.15, 0.2) is 0 Å². The Balaban J connectivity index is 2.03. The molecule has 1 aliphatic heterocycles. The summed E-state index contributed by atoms with van der Waals surface area (Å²) in [5.41, 5.74) is 6.31. The number of nitrogens with zero attached hydrogens (tertiary/aromatic N) is 1. The van der Waals surface area contributed by atoms with Gasteiger partial charge < -0.3 is 21.1 Å². The van der Waals surface area contributed by atoms with E-state index in [1.54, 1.807) is 11.0 Å². The molecule has 2 rings (SSSR count). The second-order valence-electron chi connectivity index (χ2n) is 4.77. The van der Waals surface area contributed by atoms with E-state index in [0.717, 1.165) is 6.42 Å². The number of anilines is 1. The standard InChI is InChI=1S/C13H16BrN3O3/c14-10-5-9(12(18)19)1-2-11(10)16-13(20)17-4-3-8(6-15)7-17/h1-2,5,8H,3-4,6-7,15H2,(H,16,20)(H,18,19). The van der Waals surface area contributed by atoms with E-state index in [2.05, 4.69) is 21.2 Å². The fourth-order valence-corrected chi connectivity index (χ4v) is 2.63. The molecule has 0 aromatic heterocycles. The molecule has 4 N–H and O–H groups in total. The van der Waals surface area contributed by atoms with Crippen LogP contribution in [0.2, 0.25) is 0 Å². The van der Waals surface area contributed by atoms with Gasteiger partial charge in [0.1, 0.15) is 0 Å². The van der Waals surface area contributed by atoms with Gasteiger partial charge in [-0.1, -0.05) is 0 Å². The van der Waals surface area contributed by atoms with Crippen LogP contribution in [-0.2, 0) is 0 Å². The number of carbonyl (C=O) groups is 2. The van der Waals surface area contributed by atoms with E-state index in [9.17, 15) is 9.59 Å². The van der Waals surface area contributed by atoms with Crippen molar-refractivity contribution >= 4 is 33.6 Å². The van der Waals surface area contributed by atoms with Crippen molar-refractivity contribution in [1.82, 2.24) is 4.90 Å². The van der Waals surface area contributed by atoms with E-state index in [1.807, 2.05) is 0 Å². The van der Waals surface area contributed by atoms with Crippen LogP contribution in [0.25, 0.3) is 0 Å². The maximum atomic E-state index is 12.1. The van der Waals surface area contributed by atoms with Crippen molar-refractivity contribution < 1.29 is 14.7 Å². The highest BCUT2D eigenvalue weighted by Gasteiger charge is 2.25. The van der Waals surface area contributed by atoms with Gasteiger partial charge in [0.25, 0.3) is 0 Å². The molecule has 0 bridgehead atoms. The molecule has 0 saturated carbocycles. The Morgan fingerprint density at radius 2 is 2.25 bits per heavy atom. The summed E-state index contributed by atoms with van der Waals surface area (Å²) in [7, 11) is 0. The lowest BCUT2D eigenvalue weighted by Crippen LogP contribution is -2.33. The number of carbonyl (C=O) groups excluding carboxylic acids is 1. The lowest BCUT2D eigenvalue weighted by Gasteiger charge is -2.18. The summed E-state index contributed by atoms with van der Waals surface area (Å²) in [4.78, 5) is 24.6. The first-order chi connectivity index (χ1) is 9.51. The van der Waals surface area contributed by atoms with Gasteiger partial charge in [-0.05, 0) is 53.0 Å². The molecule has 6 nitrogen and oxygen atoms in total. The molecule has 1 unspecified atom stereocenters. The topological polar surface area (TPSA) is 95.7 Å². The van der Waals surface area contributed by atoms with E-state index in [-0.39, 0.29) is 11.6 Å². The first kappa shape index (κ1) is 14.8. The Labute approximate surface area is 125 Å². The SMILES string of the molecule is NCC1CCN(C(=O)Nc2ccc(C(=O)O)cc2Br)C1. The number of likely N-dealkylation sites (tertiary alicyclic amines) is 1. The number of amides is 2. The summed E-state index contributed by atoms with van der Waals surface area (Å²) in [6.45, 7) is 1.94. The second-order valence-corrected chi connectivity index (χ2v) is 5.62. The third-order valence-electron chi connectivity index (χ3n) is 3.36. The Kier molecular flexibility index (Phi) is 4.61. The molecule has 0 aliphatic carbocycles. The molecule has 1 heterocycles. The van der Waals surface area contributed by atoms with Gasteiger partial charge in [0.2, 0.25) is 0 Å². The van der Waals surface area contributed by atoms with E-state index in [0.29, 0.717) is 35.7 Å². The maximum absolute atomic E-state index is 12.1. The van der Waals surface area contributed by atoms with Crippen LogP contribution in [-0.4, -0.2) is 41.6 Å². The van der Waals surface area contributed by atoms with Crippen LogP contribution in [0, 0.1) is 5.92 Å². The molecule has 1 saturated heterocycles. The minimum atomic E-state index is -1.01. The molecule has 7 heteroatoms. The number of carboxylic acids is 1. The van der Waals surface area contributed by atoms with Gasteiger partial charge in [-0.25, -0.2) is 9.59 Å². The summed E-state index contributed by atoms with van der Waals surface area (Å²) in [6.07, 6.45) is 0.920. The summed E-state index contributed by atoms with van der Waals surface area (Å²) in [5.74, 6) is -0.646. The average Bonchev–Trinajstić information content (AvgIpc) is 2.89. The van der Waals surface area contributed by atoms with Gasteiger partial charge in [0, 0.05) is 17.6 Å². The van der Waals surface area contributed by atoms with Crippen molar-refractivity contribution in [2.45, 2.75) is 6.42 Å². The number of urea groups is 1. The van der Waals surface area contributed by atoms with Crippen LogP contribution in [0.5, 0.6) is 0 Å². The molecule has 1 fully saturated rings. The van der Waals surface area contributed by atoms with Crippen LogP contribution in [0.1, 0.15) is 16.8 Å². The number of halogens is 1. The van der Waals surface area contributed by atoms with Crippen molar-refractivity contribution in [3.8, 4) is 0 Å². The molecular weight excluding hydrogens is 326 g/mol. The first-order valence-electron chi connectivity index (χ1n) is 6.30. The average molecular weight is 342 g/mol. The zero-order valence-electron chi connectivity index (χ0n) is 10.8. The number of aromatic carboxylic acids is 1. The Hall–Kier alpha value is -1.60. The molecule has 0 radical (unpaired) electrons. The third kappa shape index (κ3) is 3.29. The largest absolute Gasteiger partial charge is 0.478 e. The first-order valence-corrected chi connectivity index (χ1v) is 7.09. The minimum absolute atomic E-state index is 0.166. The molecule has 108 valence electrons. The number of benzene rings is 1. The van der Waals surface area contributed by atoms with Crippen molar-refractivity contribution in [2.75, 3.05) is 25.0 Å². The highest BCUT2D eigenvalue weighted by molar-refractivity contribution is 9.10. The molecular formula is C13H16BrN3O3. The Morgan fingerprint density at radius 1 is 1.50 bits per heavy atom. The van der Waals surface area contributed by atoms with Crippen LogP contribution >= 0.6 is 15.9 Å². The highest BCUT2D eigenvalue weighted by Crippen LogP contribution is 2.25. The second kappa shape index (κ2) is 6.23. The zero-order valence-corrected chi connectivity index (χ0v) is 12.4. The predicted molar refractivity (Wildman–Crippen MR) is 78.9 cm³/mol. The van der Waals surface area contributed by atoms with E-state index < -0.39 is 5.97 Å². The molecule has 20 heavy (non-hydrogen) atoms. The van der Waals surface area contributed by atoms with Crippen molar-refractivity contribution in [3.63, 3.8) is 0 Å². The van der Waals surface area contributed by atoms with Gasteiger partial charge in [-0.3, -0.25) is 0 Å². The smallest absolute Gasteiger partial charge is 0.335 e. The molecule has 1 atom stereocenters. The van der Waals surface area contributed by atoms with Crippen molar-refractivity contribution in [1.29, 1.82) is 0 Å². The monoisotopic (exact) mass is 341 g/mol. The summed E-state index contributed by atoms with van der Waals surface area (Å²) in [6, 6.07) is 4.30. The normalized spacial score (nSPS) is 18.1. The van der Waals surface area contributed by atoms with E-state index >= 15 is 0 Å². The number of hydrogen-bond acceptors (Lipinski definition) is 3. The maximum Gasteiger partial charge on any atom is 0.335 e. The van der Waals surface area contributed by atoms with E-state index in [1.165, 1.54) is 12.1 Å². The molecule has 1 aromatic carbocycles. The number of hydrogen-bond donors (Lipinski definition) is 3. The fourth-order valence-electron chi connectivity index (χ4n) is 2.15. The number of carboxylic acid groups (broad SMARTS) is 1. The van der Waals surface area contributed by atoms with Gasteiger partial charge in [-0.2, -0.15) is 0 Å². The van der Waals surface area contributed by atoms with Gasteiger partial charge in [0.05, 0.1) is 11.3 Å². The third-order valence-corrected chi connectivity index (χ3v) is 4.02. The molecule has 1 aromatic rings. The number of nitrogens with one attached hydrogen (secondary N) is 1. The Morgan fingerprint density at radius 3 is 2.80 bits per heavy atom. The zero-order chi connectivity index (χ0) is 14.7. The van der Waals surface area contributed by atoms with E-state index in [4.69, 9.17) is 10.8 Å². The summed E-state index contributed by atoms with van der Waals surface area (Å²) >= 11 is 3.26. The molecule has 0 spiro atoms. The lowest BCUT2D eigenvalue weighted by molar-refractivity contribution is 0.0697. The molecule has 1 aliphatic rings. The van der Waals surface area contributed by atoms with Crippen LogP contribution in [0.4, 0.5) is 10.5 Å². The number of nitrogens with two attached hydrogens (primary N) is 1. The lowest BCUT2D eigenvalue weighted by atomic mass is 10.1. The summed E-state index contributed by atoms with van der Waals surface area (Å²) in [5, 5.41) is 11.7. The highest BCUT2D eigenvalue weighted by atomic mass is 79.9. The van der Waals surface area contributed by atoms with Crippen LogP contribution in [0.3, 0.4) is 0 Å². The summed E-state index contributed by atoms with van der Waals surface area (Å²) < 4.78 is 0.542. The van der Waals surface area contributed by atoms with Gasteiger partial charge >= 0.3 is 12.0 Å². The molecule has 2 amide bonds. The fraction of sp³-hybridized carbons (Fsp3) is 0.385. The van der Waals surface area contributed by atoms with Crippen LogP contribution in [0.15, 0.2) is 22.7 Å². The van der Waals surface area contributed by atoms with Crippen LogP contribution < -0.4 is 11.1 Å². The quantitative estimate of drug-likeness (QED) is 0.782. The van der Waals surface area contributed by atoms with Crippen molar-refractivity contribution in [2.24, 2.45) is 11.7 Å². The van der Waals surface area contributed by atoms with Crippen molar-refractivity contribution in [3.05, 3.63) is 28.2 Å². The number of rotatable bonds is 3. The predicted octanol–water partition coefficient (Wildman–Crippen LogP) is 1.96.